The summed E-state index contributed by atoms with van der Waals surface area (Å²) in [6.07, 6.45) is -1.48. The number of hydrogen-bond donors (Lipinski definition) is 1. The summed E-state index contributed by atoms with van der Waals surface area (Å²) in [6, 6.07) is 0. The number of nitrogens with one attached hydrogen (secondary N) is 1. The van der Waals surface area contributed by atoms with Gasteiger partial charge in [-0.25, -0.2) is 0 Å². The van der Waals surface area contributed by atoms with Crippen molar-refractivity contribution in [2.45, 2.75) is 32.4 Å². The fourth-order valence-electron chi connectivity index (χ4n) is 0.805. The molecule has 0 aliphatic heterocycles. The first-order chi connectivity index (χ1) is 6.45. The molecule has 0 aliphatic rings. The zero-order chi connectivity index (χ0) is 11.0. The number of alkyl halides is 3. The second-order valence-electron chi connectivity index (χ2n) is 2.82. The lowest BCUT2D eigenvalue weighted by atomic mass is 10.3. The van der Waals surface area contributed by atoms with Gasteiger partial charge in [0.05, 0.1) is 6.42 Å². The van der Waals surface area contributed by atoms with Crippen LogP contribution in [0.1, 0.15) is 26.2 Å². The largest absolute Gasteiger partial charge is 0.389 e. The Morgan fingerprint density at radius 1 is 1.43 bits per heavy atom. The molecule has 0 unspecified atom stereocenters. The van der Waals surface area contributed by atoms with E-state index in [0.29, 0.717) is 13.0 Å². The molecule has 14 heavy (non-hydrogen) atoms. The molecule has 2 nitrogen and oxygen atoms in total. The van der Waals surface area contributed by atoms with Crippen LogP contribution in [0.25, 0.3) is 0 Å². The normalized spacial score (nSPS) is 12.0. The first-order valence-electron chi connectivity index (χ1n) is 4.40. The number of amides is 1. The molecular formula is C9H14F3NO. The Labute approximate surface area is 81.2 Å². The van der Waals surface area contributed by atoms with E-state index >= 15 is 0 Å². The molecule has 0 aliphatic carbocycles. The molecule has 0 saturated heterocycles. The van der Waals surface area contributed by atoms with Crippen LogP contribution in [0, 0.1) is 0 Å². The van der Waals surface area contributed by atoms with Crippen molar-refractivity contribution in [3.05, 3.63) is 12.2 Å². The summed E-state index contributed by atoms with van der Waals surface area (Å²) in [5, 5.41) is 2.40. The average molecular weight is 209 g/mol. The highest BCUT2D eigenvalue weighted by atomic mass is 19.4. The number of rotatable bonds is 5. The summed E-state index contributed by atoms with van der Waals surface area (Å²) < 4.78 is 35.0. The molecule has 0 aromatic carbocycles. The molecule has 0 fully saturated rings. The van der Waals surface area contributed by atoms with Crippen LogP contribution >= 0.6 is 0 Å². The molecule has 0 saturated carbocycles. The van der Waals surface area contributed by atoms with Crippen LogP contribution in [0.15, 0.2) is 12.2 Å². The topological polar surface area (TPSA) is 29.1 Å². The maximum Gasteiger partial charge on any atom is 0.389 e. The Morgan fingerprint density at radius 3 is 2.57 bits per heavy atom. The predicted octanol–water partition coefficient (Wildman–Crippen LogP) is 2.41. The van der Waals surface area contributed by atoms with E-state index in [1.54, 1.807) is 0 Å². The van der Waals surface area contributed by atoms with Gasteiger partial charge in [-0.3, -0.25) is 4.79 Å². The van der Waals surface area contributed by atoms with Crippen molar-refractivity contribution in [3.63, 3.8) is 0 Å². The maximum atomic E-state index is 11.7. The molecular weight excluding hydrogens is 195 g/mol. The molecule has 0 rings (SSSR count). The van der Waals surface area contributed by atoms with Gasteiger partial charge in [0.25, 0.3) is 0 Å². The molecule has 82 valence electrons. The maximum absolute atomic E-state index is 11.7. The molecule has 1 amide bonds. The smallest absolute Gasteiger partial charge is 0.356 e. The van der Waals surface area contributed by atoms with E-state index < -0.39 is 24.9 Å². The minimum Gasteiger partial charge on any atom is -0.356 e. The van der Waals surface area contributed by atoms with Crippen molar-refractivity contribution in [1.82, 2.24) is 5.32 Å². The van der Waals surface area contributed by atoms with E-state index in [9.17, 15) is 18.0 Å². The molecule has 0 aromatic rings. The Morgan fingerprint density at radius 2 is 2.07 bits per heavy atom. The van der Waals surface area contributed by atoms with Crippen LogP contribution in [0.3, 0.4) is 0 Å². The van der Waals surface area contributed by atoms with Crippen LogP contribution in [-0.2, 0) is 4.79 Å². The second kappa shape index (κ2) is 6.45. The van der Waals surface area contributed by atoms with Gasteiger partial charge in [-0.1, -0.05) is 12.2 Å². The number of allylic oxidation sites excluding steroid dienone is 1. The highest BCUT2D eigenvalue weighted by Gasteiger charge is 2.27. The van der Waals surface area contributed by atoms with Gasteiger partial charge in [-0.2, -0.15) is 13.2 Å². The van der Waals surface area contributed by atoms with Gasteiger partial charge in [0.1, 0.15) is 0 Å². The van der Waals surface area contributed by atoms with E-state index in [1.807, 2.05) is 19.1 Å². The molecule has 0 bridgehead atoms. The number of carbonyl (C=O) groups is 1. The third-order valence-electron chi connectivity index (χ3n) is 1.50. The summed E-state index contributed by atoms with van der Waals surface area (Å²) in [5.41, 5.74) is 0. The van der Waals surface area contributed by atoms with E-state index in [0.717, 1.165) is 0 Å². The molecule has 1 N–H and O–H groups in total. The lowest BCUT2D eigenvalue weighted by Gasteiger charge is -2.06. The monoisotopic (exact) mass is 209 g/mol. The Hall–Kier alpha value is -1.00. The first-order valence-corrected chi connectivity index (χ1v) is 4.40. The third-order valence-corrected chi connectivity index (χ3v) is 1.50. The molecule has 0 spiro atoms. The van der Waals surface area contributed by atoms with Crippen molar-refractivity contribution in [2.24, 2.45) is 0 Å². The Bertz CT molecular complexity index is 199. The molecule has 0 radical (unpaired) electrons. The highest BCUT2D eigenvalue weighted by Crippen LogP contribution is 2.20. The van der Waals surface area contributed by atoms with Gasteiger partial charge in [0.2, 0.25) is 5.91 Å². The molecule has 0 aromatic heterocycles. The average Bonchev–Trinajstić information content (AvgIpc) is 2.08. The lowest BCUT2D eigenvalue weighted by Crippen LogP contribution is -2.25. The number of hydrogen-bond acceptors (Lipinski definition) is 1. The van der Waals surface area contributed by atoms with Crippen molar-refractivity contribution in [1.29, 1.82) is 0 Å². The molecule has 5 heteroatoms. The van der Waals surface area contributed by atoms with Crippen LogP contribution in [0.2, 0.25) is 0 Å². The SMILES string of the molecule is C/C=C/CCNC(=O)CCC(F)(F)F. The van der Waals surface area contributed by atoms with E-state index in [2.05, 4.69) is 5.32 Å². The Balaban J connectivity index is 3.47. The fraction of sp³-hybridized carbons (Fsp3) is 0.667. The predicted molar refractivity (Wildman–Crippen MR) is 47.7 cm³/mol. The number of carbonyl (C=O) groups excluding carboxylic acids is 1. The van der Waals surface area contributed by atoms with E-state index in [4.69, 9.17) is 0 Å². The third kappa shape index (κ3) is 9.09. The number of halogens is 3. The van der Waals surface area contributed by atoms with Crippen molar-refractivity contribution < 1.29 is 18.0 Å². The second-order valence-corrected chi connectivity index (χ2v) is 2.82. The van der Waals surface area contributed by atoms with Gasteiger partial charge in [-0.05, 0) is 13.3 Å². The highest BCUT2D eigenvalue weighted by molar-refractivity contribution is 5.75. The zero-order valence-corrected chi connectivity index (χ0v) is 8.03. The van der Waals surface area contributed by atoms with Crippen LogP contribution in [0.4, 0.5) is 13.2 Å². The molecule has 0 heterocycles. The van der Waals surface area contributed by atoms with Crippen LogP contribution < -0.4 is 5.32 Å². The minimum absolute atomic E-state index is 0.390. The van der Waals surface area contributed by atoms with Gasteiger partial charge in [0.15, 0.2) is 0 Å². The van der Waals surface area contributed by atoms with Crippen LogP contribution in [0.5, 0.6) is 0 Å². The van der Waals surface area contributed by atoms with Gasteiger partial charge < -0.3 is 5.32 Å². The summed E-state index contributed by atoms with van der Waals surface area (Å²) in [5.74, 6) is -0.549. The molecule has 0 atom stereocenters. The fourth-order valence-corrected chi connectivity index (χ4v) is 0.805. The van der Waals surface area contributed by atoms with Crippen molar-refractivity contribution in [2.75, 3.05) is 6.54 Å². The summed E-state index contributed by atoms with van der Waals surface area (Å²) in [6.45, 7) is 2.23. The van der Waals surface area contributed by atoms with Crippen molar-refractivity contribution >= 4 is 5.91 Å². The van der Waals surface area contributed by atoms with Crippen LogP contribution in [-0.4, -0.2) is 18.6 Å². The zero-order valence-electron chi connectivity index (χ0n) is 8.03. The van der Waals surface area contributed by atoms with Gasteiger partial charge in [-0.15, -0.1) is 0 Å². The first kappa shape index (κ1) is 13.0. The summed E-state index contributed by atoms with van der Waals surface area (Å²) in [7, 11) is 0. The Kier molecular flexibility index (Phi) is 5.99. The van der Waals surface area contributed by atoms with E-state index in [1.165, 1.54) is 0 Å². The van der Waals surface area contributed by atoms with Gasteiger partial charge >= 0.3 is 6.18 Å². The van der Waals surface area contributed by atoms with Crippen molar-refractivity contribution in [3.8, 4) is 0 Å². The quantitative estimate of drug-likeness (QED) is 0.546. The standard InChI is InChI=1S/C9H14F3NO/c1-2-3-4-7-13-8(14)5-6-9(10,11)12/h2-3H,4-7H2,1H3,(H,13,14)/b3-2+. The summed E-state index contributed by atoms with van der Waals surface area (Å²) >= 11 is 0. The summed E-state index contributed by atoms with van der Waals surface area (Å²) in [4.78, 5) is 10.8. The lowest BCUT2D eigenvalue weighted by molar-refractivity contribution is -0.144. The van der Waals surface area contributed by atoms with Gasteiger partial charge in [0, 0.05) is 13.0 Å². The minimum atomic E-state index is -4.25. The van der Waals surface area contributed by atoms with E-state index in [-0.39, 0.29) is 0 Å².